The third-order valence-electron chi connectivity index (χ3n) is 3.23. The number of benzene rings is 2. The highest BCUT2D eigenvalue weighted by molar-refractivity contribution is 5.59. The van der Waals surface area contributed by atoms with E-state index < -0.39 is 0 Å². The molecule has 0 atom stereocenters. The third-order valence-corrected chi connectivity index (χ3v) is 3.23. The molecule has 0 aliphatic carbocycles. The molecule has 0 amide bonds. The molecule has 0 fully saturated rings. The van der Waals surface area contributed by atoms with Crippen molar-refractivity contribution < 1.29 is 24.4 Å². The van der Waals surface area contributed by atoms with Crippen molar-refractivity contribution in [2.24, 2.45) is 0 Å². The molecular weight excluding hydrogens is 324 g/mol. The van der Waals surface area contributed by atoms with Gasteiger partial charge in [-0.2, -0.15) is 0 Å². The first kappa shape index (κ1) is 20.4. The average molecular weight is 350 g/mol. The highest BCUT2D eigenvalue weighted by Crippen LogP contribution is 2.24. The van der Waals surface area contributed by atoms with Crippen LogP contribution in [0.2, 0.25) is 0 Å². The number of methoxy groups -OCH3 is 1. The highest BCUT2D eigenvalue weighted by atomic mass is 16.5. The Balaban J connectivity index is 0.000000293. The van der Waals surface area contributed by atoms with E-state index in [1.165, 1.54) is 12.1 Å². The highest BCUT2D eigenvalue weighted by Gasteiger charge is 2.00. The molecule has 0 aliphatic rings. The number of anilines is 2. The van der Waals surface area contributed by atoms with Gasteiger partial charge in [-0.3, -0.25) is 0 Å². The van der Waals surface area contributed by atoms with Gasteiger partial charge in [-0.1, -0.05) is 6.07 Å². The number of hydrogen-bond acceptors (Lipinski definition) is 7. The molecule has 7 heteroatoms. The SMILES string of the molecule is COCCOCCOc1cc(N)ccc1N.Cc1c(O)cccc1O. The van der Waals surface area contributed by atoms with Crippen LogP contribution < -0.4 is 16.2 Å². The zero-order valence-electron chi connectivity index (χ0n) is 14.6. The van der Waals surface area contributed by atoms with Crippen molar-refractivity contribution in [3.63, 3.8) is 0 Å². The topological polar surface area (TPSA) is 120 Å². The first-order valence-corrected chi connectivity index (χ1v) is 7.77. The van der Waals surface area contributed by atoms with Crippen LogP contribution in [0.5, 0.6) is 17.2 Å². The van der Waals surface area contributed by atoms with Crippen molar-refractivity contribution in [3.05, 3.63) is 42.0 Å². The largest absolute Gasteiger partial charge is 0.508 e. The lowest BCUT2D eigenvalue weighted by molar-refractivity contribution is 0.0545. The first-order valence-electron chi connectivity index (χ1n) is 7.77. The molecule has 2 aromatic rings. The minimum atomic E-state index is 0.134. The maximum absolute atomic E-state index is 8.94. The molecule has 0 saturated carbocycles. The van der Waals surface area contributed by atoms with Gasteiger partial charge in [0.2, 0.25) is 0 Å². The van der Waals surface area contributed by atoms with Gasteiger partial charge in [0.15, 0.2) is 0 Å². The zero-order chi connectivity index (χ0) is 18.7. The lowest BCUT2D eigenvalue weighted by Crippen LogP contribution is -2.10. The standard InChI is InChI=1S/C11H18N2O3.C7H8O2/c1-14-4-5-15-6-7-16-11-8-9(12)2-3-10(11)13;1-5-6(8)3-2-4-7(5)9/h2-3,8H,4-7,12-13H2,1H3;2-4,8-9H,1H3. The monoisotopic (exact) mass is 350 g/mol. The normalized spacial score (nSPS) is 10.0. The second-order valence-corrected chi connectivity index (χ2v) is 5.17. The number of phenols is 2. The van der Waals surface area contributed by atoms with E-state index in [1.807, 2.05) is 0 Å². The van der Waals surface area contributed by atoms with E-state index >= 15 is 0 Å². The molecule has 0 saturated heterocycles. The van der Waals surface area contributed by atoms with Crippen LogP contribution in [-0.4, -0.2) is 43.8 Å². The van der Waals surface area contributed by atoms with Crippen LogP contribution in [-0.2, 0) is 9.47 Å². The van der Waals surface area contributed by atoms with Crippen LogP contribution in [0.15, 0.2) is 36.4 Å². The number of nitrogens with two attached hydrogens (primary N) is 2. The van der Waals surface area contributed by atoms with Gasteiger partial charge in [-0.15, -0.1) is 0 Å². The number of phenolic OH excluding ortho intramolecular Hbond substituents is 2. The Kier molecular flexibility index (Phi) is 8.99. The summed E-state index contributed by atoms with van der Waals surface area (Å²) in [6.45, 7) is 3.74. The molecule has 0 aromatic heterocycles. The van der Waals surface area contributed by atoms with Crippen molar-refractivity contribution >= 4 is 11.4 Å². The third kappa shape index (κ3) is 7.65. The van der Waals surface area contributed by atoms with Gasteiger partial charge < -0.3 is 35.9 Å². The quantitative estimate of drug-likeness (QED) is 0.447. The van der Waals surface area contributed by atoms with E-state index in [0.29, 0.717) is 49.1 Å². The fraction of sp³-hybridized carbons (Fsp3) is 0.333. The van der Waals surface area contributed by atoms with E-state index in [4.69, 9.17) is 35.9 Å². The van der Waals surface area contributed by atoms with Gasteiger partial charge in [-0.25, -0.2) is 0 Å². The predicted molar refractivity (Wildman–Crippen MR) is 98.0 cm³/mol. The van der Waals surface area contributed by atoms with E-state index in [1.54, 1.807) is 38.3 Å². The Morgan fingerprint density at radius 3 is 2.16 bits per heavy atom. The molecule has 7 nitrogen and oxygen atoms in total. The molecule has 6 N–H and O–H groups in total. The van der Waals surface area contributed by atoms with Gasteiger partial charge in [0.1, 0.15) is 23.9 Å². The van der Waals surface area contributed by atoms with E-state index in [2.05, 4.69) is 0 Å². The smallest absolute Gasteiger partial charge is 0.144 e. The van der Waals surface area contributed by atoms with Crippen molar-refractivity contribution in [1.82, 2.24) is 0 Å². The van der Waals surface area contributed by atoms with Crippen LogP contribution in [0.1, 0.15) is 5.56 Å². The first-order chi connectivity index (χ1) is 12.0. The Hall–Kier alpha value is -2.64. The summed E-state index contributed by atoms with van der Waals surface area (Å²) in [6.07, 6.45) is 0. The van der Waals surface area contributed by atoms with Crippen LogP contribution >= 0.6 is 0 Å². The lowest BCUT2D eigenvalue weighted by atomic mass is 10.2. The van der Waals surface area contributed by atoms with Gasteiger partial charge in [0.25, 0.3) is 0 Å². The van der Waals surface area contributed by atoms with Crippen LogP contribution in [0, 0.1) is 6.92 Å². The fourth-order valence-corrected chi connectivity index (χ4v) is 1.74. The Labute approximate surface area is 147 Å². The van der Waals surface area contributed by atoms with E-state index in [9.17, 15) is 0 Å². The molecular formula is C18H26N2O5. The van der Waals surface area contributed by atoms with E-state index in [-0.39, 0.29) is 11.5 Å². The maximum Gasteiger partial charge on any atom is 0.144 e. The van der Waals surface area contributed by atoms with Gasteiger partial charge in [0, 0.05) is 24.4 Å². The van der Waals surface area contributed by atoms with Gasteiger partial charge in [0.05, 0.1) is 25.5 Å². The van der Waals surface area contributed by atoms with Crippen molar-refractivity contribution in [2.75, 3.05) is 45.0 Å². The molecule has 0 heterocycles. The Bertz CT molecular complexity index is 629. The minimum absolute atomic E-state index is 0.134. The minimum Gasteiger partial charge on any atom is -0.508 e. The second kappa shape index (κ2) is 11.0. The number of ether oxygens (including phenoxy) is 3. The summed E-state index contributed by atoms with van der Waals surface area (Å²) in [4.78, 5) is 0. The maximum atomic E-state index is 8.94. The molecule has 138 valence electrons. The van der Waals surface area contributed by atoms with Crippen LogP contribution in [0.3, 0.4) is 0 Å². The molecule has 0 unspecified atom stereocenters. The molecule has 0 radical (unpaired) electrons. The summed E-state index contributed by atoms with van der Waals surface area (Å²) in [5, 5.41) is 17.9. The molecule has 2 aromatic carbocycles. The van der Waals surface area contributed by atoms with Crippen molar-refractivity contribution in [2.45, 2.75) is 6.92 Å². The Morgan fingerprint density at radius 2 is 1.56 bits per heavy atom. The zero-order valence-corrected chi connectivity index (χ0v) is 14.6. The number of aromatic hydroxyl groups is 2. The molecule has 0 spiro atoms. The summed E-state index contributed by atoms with van der Waals surface area (Å²) < 4.78 is 15.5. The van der Waals surface area contributed by atoms with Gasteiger partial charge >= 0.3 is 0 Å². The second-order valence-electron chi connectivity index (χ2n) is 5.17. The fourth-order valence-electron chi connectivity index (χ4n) is 1.74. The van der Waals surface area contributed by atoms with Crippen LogP contribution in [0.25, 0.3) is 0 Å². The number of rotatable bonds is 7. The Morgan fingerprint density at radius 1 is 0.920 bits per heavy atom. The summed E-state index contributed by atoms with van der Waals surface area (Å²) >= 11 is 0. The lowest BCUT2D eigenvalue weighted by Gasteiger charge is -2.09. The van der Waals surface area contributed by atoms with Gasteiger partial charge in [-0.05, 0) is 31.2 Å². The summed E-state index contributed by atoms with van der Waals surface area (Å²) in [5.41, 5.74) is 13.1. The predicted octanol–water partition coefficient (Wildman–Crippen LogP) is 2.30. The summed E-state index contributed by atoms with van der Waals surface area (Å²) in [5.74, 6) is 0.861. The van der Waals surface area contributed by atoms with Crippen molar-refractivity contribution in [1.29, 1.82) is 0 Å². The summed E-state index contributed by atoms with van der Waals surface area (Å²) in [6, 6.07) is 9.82. The molecule has 0 bridgehead atoms. The van der Waals surface area contributed by atoms with E-state index in [0.717, 1.165) is 0 Å². The van der Waals surface area contributed by atoms with Crippen molar-refractivity contribution in [3.8, 4) is 17.2 Å². The molecule has 0 aliphatic heterocycles. The van der Waals surface area contributed by atoms with Crippen LogP contribution in [0.4, 0.5) is 11.4 Å². The molecule has 2 rings (SSSR count). The summed E-state index contributed by atoms with van der Waals surface area (Å²) in [7, 11) is 1.63. The number of hydrogen-bond donors (Lipinski definition) is 4. The average Bonchev–Trinajstić information content (AvgIpc) is 2.59. The molecule has 25 heavy (non-hydrogen) atoms. The number of nitrogen functional groups attached to an aromatic ring is 2.